The second kappa shape index (κ2) is 9.27. The molecule has 1 unspecified atom stereocenters. The van der Waals surface area contributed by atoms with Crippen LogP contribution in [0.2, 0.25) is 5.02 Å². The fourth-order valence-corrected chi connectivity index (χ4v) is 5.40. The Morgan fingerprint density at radius 2 is 1.94 bits per heavy atom. The zero-order valence-corrected chi connectivity index (χ0v) is 19.6. The molecule has 4 rings (SSSR count). The van der Waals surface area contributed by atoms with E-state index in [4.69, 9.17) is 11.6 Å². The minimum Gasteiger partial charge on any atom is -0.323 e. The molecule has 2 fully saturated rings. The van der Waals surface area contributed by atoms with Crippen LogP contribution in [-0.4, -0.2) is 61.2 Å². The normalized spacial score (nSPS) is 19.7. The molecular formula is C21H25ClF3N5O2S. The summed E-state index contributed by atoms with van der Waals surface area (Å²) in [7, 11) is -1.28. The molecule has 3 heterocycles. The zero-order chi connectivity index (χ0) is 23.8. The van der Waals surface area contributed by atoms with Crippen LogP contribution in [0, 0.1) is 0 Å². The number of carbonyl (C=O) groups excluding carboxylic acids is 1. The molecule has 33 heavy (non-hydrogen) atoms. The van der Waals surface area contributed by atoms with E-state index in [1.54, 1.807) is 11.0 Å². The molecule has 180 valence electrons. The van der Waals surface area contributed by atoms with Crippen molar-refractivity contribution in [2.24, 2.45) is 0 Å². The fourth-order valence-electron chi connectivity index (χ4n) is 4.76. The van der Waals surface area contributed by atoms with Crippen molar-refractivity contribution in [1.82, 2.24) is 19.6 Å². The molecule has 1 aromatic heterocycles. The van der Waals surface area contributed by atoms with Crippen molar-refractivity contribution < 1.29 is 22.2 Å². The topological polar surface area (TPSA) is 70.5 Å². The lowest BCUT2D eigenvalue weighted by molar-refractivity contribution is -0.137. The molecule has 0 saturated carbocycles. The Bertz CT molecular complexity index is 1050. The van der Waals surface area contributed by atoms with Crippen molar-refractivity contribution in [2.75, 3.05) is 30.6 Å². The van der Waals surface area contributed by atoms with E-state index in [-0.39, 0.29) is 16.6 Å². The lowest BCUT2D eigenvalue weighted by Crippen LogP contribution is -2.53. The molecule has 2 saturated heterocycles. The van der Waals surface area contributed by atoms with Gasteiger partial charge in [0, 0.05) is 48.7 Å². The minimum atomic E-state index is -4.42. The predicted octanol–water partition coefficient (Wildman–Crippen LogP) is 4.36. The van der Waals surface area contributed by atoms with Crippen molar-refractivity contribution in [1.29, 1.82) is 0 Å². The molecule has 2 aliphatic rings. The molecule has 1 aromatic carbocycles. The molecule has 1 amide bonds. The highest BCUT2D eigenvalue weighted by Crippen LogP contribution is 2.40. The van der Waals surface area contributed by atoms with Gasteiger partial charge in [0.05, 0.1) is 5.56 Å². The number of benzene rings is 1. The third kappa shape index (κ3) is 5.20. The Kier molecular flexibility index (Phi) is 6.75. The molecule has 2 aromatic rings. The first-order valence-electron chi connectivity index (χ1n) is 10.6. The summed E-state index contributed by atoms with van der Waals surface area (Å²) < 4.78 is 54.0. The molecule has 0 bridgehead atoms. The summed E-state index contributed by atoms with van der Waals surface area (Å²) in [5, 5.41) is 4.26. The third-order valence-corrected chi connectivity index (χ3v) is 7.33. The van der Waals surface area contributed by atoms with Gasteiger partial charge in [-0.15, -0.1) is 5.10 Å². The van der Waals surface area contributed by atoms with Crippen molar-refractivity contribution in [3.8, 4) is 0 Å². The van der Waals surface area contributed by atoms with Crippen LogP contribution in [0.1, 0.15) is 36.8 Å². The van der Waals surface area contributed by atoms with Crippen molar-refractivity contribution in [3.05, 3.63) is 46.6 Å². The van der Waals surface area contributed by atoms with E-state index in [9.17, 15) is 22.2 Å². The summed E-state index contributed by atoms with van der Waals surface area (Å²) >= 11 is 6.19. The number of anilines is 1. The Balaban J connectivity index is 1.40. The Hall–Kier alpha value is -2.11. The highest BCUT2D eigenvalue weighted by atomic mass is 35.5. The van der Waals surface area contributed by atoms with Crippen LogP contribution in [0.15, 0.2) is 30.5 Å². The summed E-state index contributed by atoms with van der Waals surface area (Å²) in [6, 6.07) is 4.88. The summed E-state index contributed by atoms with van der Waals surface area (Å²) in [5.74, 6) is 0.369. The summed E-state index contributed by atoms with van der Waals surface area (Å²) in [6.07, 6.45) is 2.10. The molecule has 1 spiro atoms. The Morgan fingerprint density at radius 1 is 1.21 bits per heavy atom. The van der Waals surface area contributed by atoms with Gasteiger partial charge in [0.15, 0.2) is 5.82 Å². The minimum absolute atomic E-state index is 0.0985. The van der Waals surface area contributed by atoms with E-state index in [1.807, 2.05) is 0 Å². The quantitative estimate of drug-likeness (QED) is 0.673. The van der Waals surface area contributed by atoms with Crippen LogP contribution in [-0.2, 0) is 23.7 Å². The van der Waals surface area contributed by atoms with Crippen LogP contribution >= 0.6 is 11.6 Å². The monoisotopic (exact) mass is 503 g/mol. The maximum Gasteiger partial charge on any atom is 0.416 e. The fraction of sp³-hybridized carbons (Fsp3) is 0.524. The van der Waals surface area contributed by atoms with E-state index >= 15 is 0 Å². The standard InChI is InChI=1S/C21H25ClF3N5O2S/c1-33(32)27-18-5-10-30(26-18)19(31)28-11-7-20(8-12-28)6-2-9-29(20)14-15-3-4-16(13-17(15)22)21(23,24)25/h3-5,10,13H,2,6-9,11-12,14H2,1H3,(H,26,27). The number of aromatic nitrogens is 2. The zero-order valence-electron chi connectivity index (χ0n) is 18.1. The number of amides is 1. The second-order valence-corrected chi connectivity index (χ2v) is 10.0. The van der Waals surface area contributed by atoms with Gasteiger partial charge in [-0.1, -0.05) is 17.7 Å². The van der Waals surface area contributed by atoms with Gasteiger partial charge in [-0.3, -0.25) is 9.62 Å². The van der Waals surface area contributed by atoms with Crippen LogP contribution in [0.5, 0.6) is 0 Å². The highest BCUT2D eigenvalue weighted by molar-refractivity contribution is 7.85. The van der Waals surface area contributed by atoms with E-state index in [0.29, 0.717) is 31.0 Å². The van der Waals surface area contributed by atoms with Gasteiger partial charge in [-0.2, -0.15) is 17.9 Å². The van der Waals surface area contributed by atoms with Crippen LogP contribution < -0.4 is 4.72 Å². The Morgan fingerprint density at radius 3 is 2.58 bits per heavy atom. The van der Waals surface area contributed by atoms with Crippen molar-refractivity contribution >= 4 is 34.4 Å². The molecular weight excluding hydrogens is 479 g/mol. The van der Waals surface area contributed by atoms with Crippen LogP contribution in [0.25, 0.3) is 0 Å². The maximum atomic E-state index is 12.9. The first-order valence-corrected chi connectivity index (χ1v) is 12.6. The number of nitrogens with one attached hydrogen (secondary N) is 1. The number of alkyl halides is 3. The highest BCUT2D eigenvalue weighted by Gasteiger charge is 2.44. The molecule has 1 N–H and O–H groups in total. The average Bonchev–Trinajstić information content (AvgIpc) is 3.36. The van der Waals surface area contributed by atoms with Gasteiger partial charge in [0.2, 0.25) is 0 Å². The maximum absolute atomic E-state index is 12.9. The molecule has 2 aliphatic heterocycles. The van der Waals surface area contributed by atoms with Gasteiger partial charge in [0.1, 0.15) is 11.0 Å². The summed E-state index contributed by atoms with van der Waals surface area (Å²) in [5.41, 5.74) is -0.172. The predicted molar refractivity (Wildman–Crippen MR) is 120 cm³/mol. The number of nitrogens with zero attached hydrogens (tertiary/aromatic N) is 4. The summed E-state index contributed by atoms with van der Waals surface area (Å²) in [4.78, 5) is 16.9. The van der Waals surface area contributed by atoms with Gasteiger partial charge in [-0.05, 0) is 49.9 Å². The lowest BCUT2D eigenvalue weighted by atomic mass is 9.84. The van der Waals surface area contributed by atoms with Gasteiger partial charge in [0.25, 0.3) is 0 Å². The van der Waals surface area contributed by atoms with Gasteiger partial charge < -0.3 is 4.90 Å². The van der Waals surface area contributed by atoms with E-state index in [1.165, 1.54) is 23.2 Å². The smallest absolute Gasteiger partial charge is 0.323 e. The first-order chi connectivity index (χ1) is 15.6. The number of hydrogen-bond donors (Lipinski definition) is 1. The van der Waals surface area contributed by atoms with E-state index in [0.717, 1.165) is 44.4 Å². The number of halogens is 4. The molecule has 12 heteroatoms. The largest absolute Gasteiger partial charge is 0.416 e. The summed E-state index contributed by atoms with van der Waals surface area (Å²) in [6.45, 7) is 2.43. The number of rotatable bonds is 4. The number of hydrogen-bond acceptors (Lipinski definition) is 4. The van der Waals surface area contributed by atoms with E-state index < -0.39 is 22.7 Å². The molecule has 1 atom stereocenters. The van der Waals surface area contributed by atoms with Crippen LogP contribution in [0.3, 0.4) is 0 Å². The number of likely N-dealkylation sites (tertiary alicyclic amines) is 2. The van der Waals surface area contributed by atoms with Crippen LogP contribution in [0.4, 0.5) is 23.8 Å². The molecule has 0 radical (unpaired) electrons. The van der Waals surface area contributed by atoms with E-state index in [2.05, 4.69) is 14.7 Å². The second-order valence-electron chi connectivity index (χ2n) is 8.52. The van der Waals surface area contributed by atoms with Crippen molar-refractivity contribution in [3.63, 3.8) is 0 Å². The number of piperidine rings is 1. The molecule has 7 nitrogen and oxygen atoms in total. The van der Waals surface area contributed by atoms with Gasteiger partial charge >= 0.3 is 12.2 Å². The lowest BCUT2D eigenvalue weighted by Gasteiger charge is -2.45. The SMILES string of the molecule is CS(=O)Nc1ccn(C(=O)N2CCC3(CCCN3Cc3ccc(C(F)(F)F)cc3Cl)CC2)n1. The third-order valence-electron chi connectivity index (χ3n) is 6.48. The first kappa shape index (κ1) is 24.0. The van der Waals surface area contributed by atoms with Crippen molar-refractivity contribution in [2.45, 2.75) is 43.9 Å². The Labute approximate surface area is 197 Å². The average molecular weight is 504 g/mol. The number of carbonyl (C=O) groups is 1. The molecule has 0 aliphatic carbocycles. The van der Waals surface area contributed by atoms with Gasteiger partial charge in [-0.25, -0.2) is 9.00 Å².